The predicted octanol–water partition coefficient (Wildman–Crippen LogP) is 0.220. The summed E-state index contributed by atoms with van der Waals surface area (Å²) in [6.07, 6.45) is 3.20. The van der Waals surface area contributed by atoms with Gasteiger partial charge in [0.1, 0.15) is 6.54 Å². The maximum absolute atomic E-state index is 9.53. The second-order valence-corrected chi connectivity index (χ2v) is 2.96. The summed E-state index contributed by atoms with van der Waals surface area (Å²) in [4.78, 5) is 4.18. The number of aliphatic hydroxyl groups excluding tert-OH is 1. The minimum atomic E-state index is 0.0733. The Morgan fingerprint density at radius 1 is 1.71 bits per heavy atom. The van der Waals surface area contributed by atoms with Gasteiger partial charge in [0.05, 0.1) is 12.3 Å². The van der Waals surface area contributed by atoms with Crippen LogP contribution in [0.15, 0.2) is 29.0 Å². The van der Waals surface area contributed by atoms with Gasteiger partial charge in [-0.2, -0.15) is 5.26 Å². The van der Waals surface area contributed by atoms with Crippen LogP contribution < -0.4 is 5.53 Å². The summed E-state index contributed by atoms with van der Waals surface area (Å²) < 4.78 is 0. The van der Waals surface area contributed by atoms with E-state index in [9.17, 15) is 5.11 Å². The van der Waals surface area contributed by atoms with Crippen LogP contribution in [0.3, 0.4) is 0 Å². The average molecular weight is 191 g/mol. The first-order valence-corrected chi connectivity index (χ1v) is 4.08. The zero-order valence-electron chi connectivity index (χ0n) is 7.60. The highest BCUT2D eigenvalue weighted by molar-refractivity contribution is 5.94. The molecule has 0 aromatic rings. The number of aliphatic imine (C=N–C) groups is 1. The first kappa shape index (κ1) is 8.59. The molecule has 2 rings (SSSR count). The van der Waals surface area contributed by atoms with Gasteiger partial charge < -0.3 is 5.11 Å². The maximum Gasteiger partial charge on any atom is 0.210 e. The molecule has 2 aliphatic rings. The fourth-order valence-electron chi connectivity index (χ4n) is 1.27. The molecule has 0 unspecified atom stereocenters. The maximum atomic E-state index is 9.53. The zero-order valence-corrected chi connectivity index (χ0v) is 7.60. The van der Waals surface area contributed by atoms with Crippen LogP contribution in [-0.4, -0.2) is 27.4 Å². The summed E-state index contributed by atoms with van der Waals surface area (Å²) in [6.45, 7) is 1.99. The number of hydrazine groups is 2. The molecular weight excluding hydrogens is 182 g/mol. The number of aliphatic hydroxyl groups is 1. The van der Waals surface area contributed by atoms with Gasteiger partial charge in [0.15, 0.2) is 5.82 Å². The van der Waals surface area contributed by atoms with E-state index in [2.05, 4.69) is 10.5 Å². The van der Waals surface area contributed by atoms with Crippen molar-refractivity contribution in [3.05, 3.63) is 24.0 Å². The monoisotopic (exact) mass is 191 g/mol. The Labute approximate surface area is 81.0 Å². The molecule has 0 fully saturated rings. The molecular formula is C8H9N5O. The van der Waals surface area contributed by atoms with Crippen molar-refractivity contribution in [2.45, 2.75) is 6.92 Å². The summed E-state index contributed by atoms with van der Waals surface area (Å²) in [6, 6.07) is 1.99. The number of nitrogens with zero attached hydrogens (tertiary/aromatic N) is 4. The third-order valence-corrected chi connectivity index (χ3v) is 1.83. The Bertz CT molecular complexity index is 389. The van der Waals surface area contributed by atoms with Crippen molar-refractivity contribution < 1.29 is 5.11 Å². The van der Waals surface area contributed by atoms with E-state index in [1.54, 1.807) is 24.2 Å². The van der Waals surface area contributed by atoms with Crippen molar-refractivity contribution in [3.63, 3.8) is 0 Å². The van der Waals surface area contributed by atoms with Crippen LogP contribution in [0.25, 0.3) is 0 Å². The van der Waals surface area contributed by atoms with E-state index >= 15 is 0 Å². The van der Waals surface area contributed by atoms with E-state index in [0.29, 0.717) is 5.82 Å². The number of fused-ring (bicyclic) bond motifs is 1. The molecule has 0 spiro atoms. The molecule has 14 heavy (non-hydrogen) atoms. The number of hydrogen-bond donors (Lipinski definition) is 2. The summed E-state index contributed by atoms with van der Waals surface area (Å²) in [7, 11) is 0. The molecule has 0 aromatic heterocycles. The van der Waals surface area contributed by atoms with Crippen LogP contribution in [0.5, 0.6) is 0 Å². The van der Waals surface area contributed by atoms with Gasteiger partial charge in [-0.3, -0.25) is 5.01 Å². The van der Waals surface area contributed by atoms with Gasteiger partial charge in [-0.05, 0) is 6.92 Å². The highest BCUT2D eigenvalue weighted by Gasteiger charge is 2.25. The van der Waals surface area contributed by atoms with Gasteiger partial charge in [0.2, 0.25) is 5.88 Å². The van der Waals surface area contributed by atoms with Crippen molar-refractivity contribution in [1.82, 2.24) is 15.6 Å². The zero-order chi connectivity index (χ0) is 10.1. The van der Waals surface area contributed by atoms with Crippen molar-refractivity contribution in [1.29, 1.82) is 5.26 Å². The fourth-order valence-corrected chi connectivity index (χ4v) is 1.27. The van der Waals surface area contributed by atoms with Gasteiger partial charge >= 0.3 is 0 Å². The van der Waals surface area contributed by atoms with E-state index in [-0.39, 0.29) is 12.4 Å². The summed E-state index contributed by atoms with van der Waals surface area (Å²) >= 11 is 0. The molecule has 6 nitrogen and oxygen atoms in total. The van der Waals surface area contributed by atoms with E-state index in [1.165, 1.54) is 5.01 Å². The lowest BCUT2D eigenvalue weighted by atomic mass is 10.3. The van der Waals surface area contributed by atoms with Crippen LogP contribution in [0.4, 0.5) is 0 Å². The Balaban J connectivity index is 2.24. The highest BCUT2D eigenvalue weighted by atomic mass is 16.3. The van der Waals surface area contributed by atoms with E-state index < -0.39 is 0 Å². The quantitative estimate of drug-likeness (QED) is 0.580. The number of nitrogens with one attached hydrogen (secondary N) is 1. The molecule has 0 bridgehead atoms. The lowest BCUT2D eigenvalue weighted by Gasteiger charge is -2.22. The standard InChI is InChI=1S/C8H9N5O/c1-6-4-8(14)13-7(10-6)5-12(11-13)3-2-9/h4-5,11,14H,3H2,1H3. The molecule has 0 atom stereocenters. The first-order valence-electron chi connectivity index (χ1n) is 4.08. The van der Waals surface area contributed by atoms with Crippen LogP contribution in [-0.2, 0) is 0 Å². The molecule has 0 amide bonds. The molecule has 2 heterocycles. The third kappa shape index (κ3) is 1.30. The third-order valence-electron chi connectivity index (χ3n) is 1.83. The van der Waals surface area contributed by atoms with Crippen molar-refractivity contribution in [2.24, 2.45) is 4.99 Å². The lowest BCUT2D eigenvalue weighted by Crippen LogP contribution is -2.40. The molecule has 0 aliphatic carbocycles. The van der Waals surface area contributed by atoms with Gasteiger partial charge in [0.25, 0.3) is 0 Å². The van der Waals surface area contributed by atoms with Crippen LogP contribution in [0.1, 0.15) is 6.92 Å². The predicted molar refractivity (Wildman–Crippen MR) is 49.2 cm³/mol. The highest BCUT2D eigenvalue weighted by Crippen LogP contribution is 2.20. The second-order valence-electron chi connectivity index (χ2n) is 2.96. The Hall–Kier alpha value is -2.00. The molecule has 0 aromatic carbocycles. The molecule has 0 saturated heterocycles. The SMILES string of the molecule is CC1=NC2=CN(CC#N)NN2C(O)=C1. The molecule has 2 N–H and O–H groups in total. The molecule has 2 aliphatic heterocycles. The van der Waals surface area contributed by atoms with Crippen LogP contribution in [0.2, 0.25) is 0 Å². The summed E-state index contributed by atoms with van der Waals surface area (Å²) in [5, 5.41) is 21.0. The molecule has 0 saturated carbocycles. The molecule has 0 radical (unpaired) electrons. The minimum absolute atomic E-state index is 0.0733. The lowest BCUT2D eigenvalue weighted by molar-refractivity contribution is 0.114. The minimum Gasteiger partial charge on any atom is -0.493 e. The Morgan fingerprint density at radius 3 is 3.21 bits per heavy atom. The van der Waals surface area contributed by atoms with Crippen molar-refractivity contribution >= 4 is 5.71 Å². The average Bonchev–Trinajstić information content (AvgIpc) is 2.48. The number of hydrogen-bond acceptors (Lipinski definition) is 6. The van der Waals surface area contributed by atoms with E-state index in [0.717, 1.165) is 5.71 Å². The number of nitriles is 1. The number of rotatable bonds is 1. The van der Waals surface area contributed by atoms with Gasteiger partial charge in [-0.1, -0.05) is 0 Å². The van der Waals surface area contributed by atoms with Crippen molar-refractivity contribution in [2.75, 3.05) is 6.54 Å². The topological polar surface area (TPSA) is 74.9 Å². The second kappa shape index (κ2) is 3.05. The first-order chi connectivity index (χ1) is 6.70. The van der Waals surface area contributed by atoms with Gasteiger partial charge in [0, 0.05) is 11.8 Å². The van der Waals surface area contributed by atoms with E-state index in [1.807, 2.05) is 6.07 Å². The van der Waals surface area contributed by atoms with Crippen LogP contribution >= 0.6 is 0 Å². The summed E-state index contributed by atoms with van der Waals surface area (Å²) in [5.41, 5.74) is 3.52. The number of allylic oxidation sites excluding steroid dienone is 1. The summed E-state index contributed by atoms with van der Waals surface area (Å²) in [5.74, 6) is 0.655. The Kier molecular flexibility index (Phi) is 1.87. The van der Waals surface area contributed by atoms with Crippen molar-refractivity contribution in [3.8, 4) is 6.07 Å². The fraction of sp³-hybridized carbons (Fsp3) is 0.250. The Morgan fingerprint density at radius 2 is 2.50 bits per heavy atom. The molecule has 6 heteroatoms. The van der Waals surface area contributed by atoms with E-state index in [4.69, 9.17) is 5.26 Å². The normalized spacial score (nSPS) is 19.6. The smallest absolute Gasteiger partial charge is 0.210 e. The largest absolute Gasteiger partial charge is 0.493 e. The van der Waals surface area contributed by atoms with Gasteiger partial charge in [-0.25, -0.2) is 10.0 Å². The van der Waals surface area contributed by atoms with Gasteiger partial charge in [-0.15, -0.1) is 5.53 Å². The van der Waals surface area contributed by atoms with Crippen LogP contribution in [0, 0.1) is 11.3 Å². The molecule has 72 valence electrons.